The topological polar surface area (TPSA) is 295 Å². The highest BCUT2D eigenvalue weighted by Crippen LogP contribution is 2.36. The first-order valence-corrected chi connectivity index (χ1v) is 48.8. The molecule has 23 nitrogen and oxygen atoms in total. The van der Waals surface area contributed by atoms with Crippen molar-refractivity contribution < 1.29 is 80.0 Å². The summed E-state index contributed by atoms with van der Waals surface area (Å²) in [5.41, 5.74) is 0.122. The Hall–Kier alpha value is -8.46. The third-order valence-electron chi connectivity index (χ3n) is 23.2. The maximum Gasteiger partial charge on any atom is 0.416 e. The lowest BCUT2D eigenvalue weighted by molar-refractivity contribution is -0.141. The molecule has 0 aromatic heterocycles. The number of nitrogens with one attached hydrogen (secondary N) is 3. The molecule has 0 unspecified atom stereocenters. The molecule has 6 aromatic carbocycles. The summed E-state index contributed by atoms with van der Waals surface area (Å²) in [5, 5.41) is 8.85. The normalized spacial score (nSPS) is 17.7. The zero-order valence-electron chi connectivity index (χ0n) is 74.2. The molecule has 6 aromatic rings. The summed E-state index contributed by atoms with van der Waals surface area (Å²) in [6, 6.07) is 38.7. The number of hydrogen-bond acceptors (Lipinski definition) is 14. The number of alkyl halides is 3. The van der Waals surface area contributed by atoms with Gasteiger partial charge in [0.15, 0.2) is 9.84 Å². The first kappa shape index (κ1) is 102. The maximum atomic E-state index is 13.9. The zero-order chi connectivity index (χ0) is 91.4. The summed E-state index contributed by atoms with van der Waals surface area (Å²) in [5.74, 6) is -2.48. The second-order valence-corrected chi connectivity index (χ2v) is 43.7. The molecule has 3 heterocycles. The van der Waals surface area contributed by atoms with E-state index in [2.05, 4.69) is 16.0 Å². The van der Waals surface area contributed by atoms with Crippen molar-refractivity contribution in [2.75, 3.05) is 65.2 Å². The van der Waals surface area contributed by atoms with Crippen LogP contribution in [0.4, 0.5) is 17.6 Å². The molecule has 123 heavy (non-hydrogen) atoms. The van der Waals surface area contributed by atoms with Gasteiger partial charge in [-0.3, -0.25) is 28.8 Å². The van der Waals surface area contributed by atoms with E-state index in [1.54, 1.807) is 21.6 Å². The quantitative estimate of drug-likeness (QED) is 0.0317. The predicted octanol–water partition coefficient (Wildman–Crippen LogP) is 14.0. The highest BCUT2D eigenvalue weighted by atomic mass is 32.2. The van der Waals surface area contributed by atoms with Gasteiger partial charge in [-0.25, -0.2) is 38.1 Å². The molecule has 3 aliphatic rings. The maximum absolute atomic E-state index is 13.9. The molecule has 0 bridgehead atoms. The highest BCUT2D eigenvalue weighted by Gasteiger charge is 2.46. The number of carbonyl (C=O) groups excluding carboxylic acids is 6. The van der Waals surface area contributed by atoms with Gasteiger partial charge in [-0.1, -0.05) is 201 Å². The number of halogens is 4. The number of amides is 6. The van der Waals surface area contributed by atoms with Gasteiger partial charge in [-0.15, -0.1) is 0 Å². The van der Waals surface area contributed by atoms with Gasteiger partial charge in [-0.2, -0.15) is 26.1 Å². The lowest BCUT2D eigenvalue weighted by atomic mass is 9.85. The zero-order valence-corrected chi connectivity index (χ0v) is 77.4. The van der Waals surface area contributed by atoms with Crippen LogP contribution in [0.15, 0.2) is 183 Å². The minimum Gasteiger partial charge on any atom is -0.344 e. The van der Waals surface area contributed by atoms with Gasteiger partial charge in [0, 0.05) is 101 Å². The summed E-state index contributed by atoms with van der Waals surface area (Å²) < 4.78 is 165. The Morgan fingerprint density at radius 3 is 0.943 bits per heavy atom. The van der Waals surface area contributed by atoms with E-state index in [1.165, 1.54) is 49.3 Å². The van der Waals surface area contributed by atoms with E-state index >= 15 is 0 Å². The molecule has 31 heteroatoms. The summed E-state index contributed by atoms with van der Waals surface area (Å²) in [7, 11) is -15.8. The van der Waals surface area contributed by atoms with Crippen molar-refractivity contribution in [1.29, 1.82) is 0 Å². The molecular formula is C92H129F4N9O14S4. The van der Waals surface area contributed by atoms with Crippen LogP contribution in [-0.4, -0.2) is 198 Å². The Balaban J connectivity index is 0.000000254. The van der Waals surface area contributed by atoms with Gasteiger partial charge in [0.2, 0.25) is 65.5 Å². The summed E-state index contributed by atoms with van der Waals surface area (Å²) in [6.45, 7) is 30.2. The Morgan fingerprint density at radius 2 is 0.675 bits per heavy atom. The minimum absolute atomic E-state index is 0.00720. The van der Waals surface area contributed by atoms with Crippen LogP contribution >= 0.6 is 0 Å². The predicted molar refractivity (Wildman–Crippen MR) is 471 cm³/mol. The molecule has 3 saturated heterocycles. The molecule has 9 atom stereocenters. The Morgan fingerprint density at radius 1 is 0.398 bits per heavy atom. The molecule has 3 aliphatic heterocycles. The van der Waals surface area contributed by atoms with Crippen molar-refractivity contribution >= 4 is 75.4 Å². The smallest absolute Gasteiger partial charge is 0.344 e. The Kier molecular flexibility index (Phi) is 36.5. The average Bonchev–Trinajstić information content (AvgIpc) is 1.49. The van der Waals surface area contributed by atoms with E-state index in [0.29, 0.717) is 89.9 Å². The van der Waals surface area contributed by atoms with Crippen LogP contribution < -0.4 is 16.0 Å². The monoisotopic (exact) mass is 1790 g/mol. The van der Waals surface area contributed by atoms with E-state index in [-0.39, 0.29) is 119 Å². The molecule has 0 aliphatic carbocycles. The molecule has 6 amide bonds. The summed E-state index contributed by atoms with van der Waals surface area (Å²) >= 11 is 0. The van der Waals surface area contributed by atoms with E-state index in [9.17, 15) is 80.0 Å². The number of nitrogens with zero attached hydrogens (tertiary/aromatic N) is 6. The van der Waals surface area contributed by atoms with E-state index in [4.69, 9.17) is 0 Å². The second-order valence-electron chi connectivity index (χ2n) is 35.9. The molecule has 0 radical (unpaired) electrons. The van der Waals surface area contributed by atoms with Crippen molar-refractivity contribution in [3.63, 3.8) is 0 Å². The van der Waals surface area contributed by atoms with Crippen molar-refractivity contribution in [1.82, 2.24) is 43.6 Å². The molecule has 3 N–H and O–H groups in total. The van der Waals surface area contributed by atoms with Crippen LogP contribution in [0.2, 0.25) is 0 Å². The fourth-order valence-corrected chi connectivity index (χ4v) is 20.0. The lowest BCUT2D eigenvalue weighted by Crippen LogP contribution is -2.57. The Labute approximate surface area is 728 Å². The van der Waals surface area contributed by atoms with Gasteiger partial charge < -0.3 is 30.7 Å². The van der Waals surface area contributed by atoms with Crippen LogP contribution in [0.25, 0.3) is 0 Å². The second kappa shape index (κ2) is 44.1. The number of rotatable bonds is 34. The molecule has 0 saturated carbocycles. The standard InChI is InChI=1S/C31H42F3N3O4S.C31H45N3O6S2.C30H42FN3O4S/c1-6-22(2)28(38)35-27(30(3,4)5)29(39)37-18-11-15-25(37)21-36(19-17-23-12-8-7-9-13-23)42(40,41)26-16-10-14-24(20-26)31(32,33)34;1-7-23(2)29(35)32-28(31(3,4)5)30(36)34-20-11-14-25(34)22-33(21-19-24-12-9-8-10-13-24)42(39,40)27-17-15-26(16-18-27)41(6,37)38;1-6-22(2)28(35)32-27(30(3,4)5)29(36)34-19-10-13-25(34)21-33(20-18-23-11-8-7-9-12-23)39(37,38)26-16-14-24(31)15-17-26/h7-10,12-14,16,20,22,25,27H,6,11,15,17-19,21H2,1-5H3,(H,35,38);8-10,12-13,15-18,23,25,28H,7,11,14,19-22H2,1-6H3,(H,32,35);7-9,11-12,14-17,22,25,27H,6,10,13,18-21H2,1-5H3,(H,32,35)/t22-,25+,27-;23-,25+,28-;22-,25+,27-/m111/s1. The van der Waals surface area contributed by atoms with Crippen LogP contribution in [0, 0.1) is 39.8 Å². The van der Waals surface area contributed by atoms with E-state index in [0.717, 1.165) is 66.1 Å². The molecule has 3 fully saturated rings. The first-order valence-electron chi connectivity index (χ1n) is 42.6. The van der Waals surface area contributed by atoms with Gasteiger partial charge in [0.25, 0.3) is 0 Å². The molecule has 678 valence electrons. The molecular weight excluding hydrogens is 1660 g/mol. The third-order valence-corrected chi connectivity index (χ3v) is 30.0. The van der Waals surface area contributed by atoms with Crippen LogP contribution in [0.3, 0.4) is 0 Å². The minimum atomic E-state index is -4.70. The SMILES string of the molecule is CC[C@@H](C)C(=O)N[C@H](C(=O)N1CCC[C@H]1CN(CCc1ccccc1)S(=O)(=O)c1ccc(F)cc1)C(C)(C)C.CC[C@@H](C)C(=O)N[C@H](C(=O)N1CCC[C@H]1CN(CCc1ccccc1)S(=O)(=O)c1ccc(S(C)(=O)=O)cc1)C(C)(C)C.CC[C@@H](C)C(=O)N[C@H](C(=O)N1CCC[C@H]1CN(CCc1ccccc1)S(=O)(=O)c1cccc(C(F)(F)F)c1)C(C)(C)C. The fourth-order valence-electron chi connectivity index (χ4n) is 14.9. The number of sulfone groups is 1. The lowest BCUT2D eigenvalue weighted by Gasteiger charge is -2.37. The van der Waals surface area contributed by atoms with Crippen LogP contribution in [0.5, 0.6) is 0 Å². The summed E-state index contributed by atoms with van der Waals surface area (Å²) in [4.78, 5) is 84.7. The van der Waals surface area contributed by atoms with Gasteiger partial charge in [-0.05, 0) is 177 Å². The molecule has 0 spiro atoms. The number of carbonyl (C=O) groups is 6. The van der Waals surface area contributed by atoms with Crippen molar-refractivity contribution in [2.24, 2.45) is 34.0 Å². The highest BCUT2D eigenvalue weighted by molar-refractivity contribution is 7.91. The number of likely N-dealkylation sites (tertiary alicyclic amines) is 3. The fraction of sp³-hybridized carbons (Fsp3) is 0.543. The largest absolute Gasteiger partial charge is 0.416 e. The van der Waals surface area contributed by atoms with Crippen LogP contribution in [-0.2, 0) is 94.1 Å². The molecule has 9 rings (SSSR count). The summed E-state index contributed by atoms with van der Waals surface area (Å²) in [6.07, 6.45) is 3.56. The van der Waals surface area contributed by atoms with Crippen molar-refractivity contribution in [3.05, 3.63) is 192 Å². The number of sulfonamides is 3. The van der Waals surface area contributed by atoms with E-state index < -0.39 is 103 Å². The van der Waals surface area contributed by atoms with Gasteiger partial charge in [0.05, 0.1) is 25.1 Å². The first-order chi connectivity index (χ1) is 57.4. The van der Waals surface area contributed by atoms with E-state index in [1.807, 2.05) is 188 Å². The van der Waals surface area contributed by atoms with Gasteiger partial charge >= 0.3 is 6.18 Å². The Bertz CT molecular complexity index is 4960. The number of benzene rings is 6. The third kappa shape index (κ3) is 28.5. The number of hydrogen-bond donors (Lipinski definition) is 3. The van der Waals surface area contributed by atoms with Crippen LogP contribution in [0.1, 0.15) is 184 Å². The average molecular weight is 1790 g/mol. The van der Waals surface area contributed by atoms with Crippen molar-refractivity contribution in [2.45, 2.75) is 243 Å². The van der Waals surface area contributed by atoms with Gasteiger partial charge in [0.1, 0.15) is 23.9 Å². The van der Waals surface area contributed by atoms with Crippen molar-refractivity contribution in [3.8, 4) is 0 Å².